The zero-order chi connectivity index (χ0) is 16.4. The van der Waals surface area contributed by atoms with Gasteiger partial charge in [0.15, 0.2) is 4.96 Å². The Labute approximate surface area is 144 Å². The van der Waals surface area contributed by atoms with Gasteiger partial charge in [0.05, 0.1) is 12.2 Å². The molecule has 7 heteroatoms. The average Bonchev–Trinajstić information content (AvgIpc) is 3.22. The van der Waals surface area contributed by atoms with Gasteiger partial charge in [0, 0.05) is 43.3 Å². The number of likely N-dealkylation sites (tertiary alicyclic amines) is 1. The smallest absolute Gasteiger partial charge is 0.317 e. The summed E-state index contributed by atoms with van der Waals surface area (Å²) in [5, 5.41) is 4.98. The number of amides is 2. The maximum Gasteiger partial charge on any atom is 0.317 e. The lowest BCUT2D eigenvalue weighted by atomic mass is 9.90. The normalized spacial score (nSPS) is 15.8. The highest BCUT2D eigenvalue weighted by atomic mass is 32.1. The molecule has 0 bridgehead atoms. The van der Waals surface area contributed by atoms with Gasteiger partial charge in [-0.1, -0.05) is 0 Å². The molecule has 0 unspecified atom stereocenters. The molecule has 2 amide bonds. The Morgan fingerprint density at radius 3 is 2.83 bits per heavy atom. The maximum atomic E-state index is 12.3. The van der Waals surface area contributed by atoms with Crippen molar-refractivity contribution in [2.24, 2.45) is 0 Å². The number of hydrogen-bond donors (Lipinski definition) is 1. The minimum atomic E-state index is -0.000432. The van der Waals surface area contributed by atoms with Crippen LogP contribution in [0.2, 0.25) is 0 Å². The molecule has 6 nitrogen and oxygen atoms in total. The van der Waals surface area contributed by atoms with Gasteiger partial charge in [0.1, 0.15) is 0 Å². The lowest BCUT2D eigenvalue weighted by Crippen LogP contribution is -2.43. The molecule has 4 rings (SSSR count). The number of fused-ring (bicyclic) bond motifs is 1. The van der Waals surface area contributed by atoms with Crippen molar-refractivity contribution in [3.05, 3.63) is 53.6 Å². The second kappa shape index (κ2) is 6.60. The van der Waals surface area contributed by atoms with Gasteiger partial charge in [-0.05, 0) is 36.5 Å². The Hall–Kier alpha value is -2.41. The van der Waals surface area contributed by atoms with E-state index in [9.17, 15) is 4.79 Å². The maximum absolute atomic E-state index is 12.3. The first-order valence-corrected chi connectivity index (χ1v) is 9.01. The van der Waals surface area contributed by atoms with Crippen molar-refractivity contribution < 1.29 is 4.79 Å². The first-order valence-electron chi connectivity index (χ1n) is 8.13. The van der Waals surface area contributed by atoms with Gasteiger partial charge in [0.2, 0.25) is 0 Å². The second-order valence-corrected chi connectivity index (χ2v) is 6.90. The standard InChI is InChI=1S/C17H19N5OS/c23-16(19-11-15-12-22-9-10-24-17(22)20-15)21-7-3-14(4-8-21)13-1-5-18-6-2-13/h1-2,5-6,9-10,12,14H,3-4,7-8,11H2,(H,19,23). The molecule has 24 heavy (non-hydrogen) atoms. The van der Waals surface area contributed by atoms with Gasteiger partial charge < -0.3 is 10.2 Å². The molecule has 0 saturated carbocycles. The number of urea groups is 1. The molecule has 0 radical (unpaired) electrons. The fourth-order valence-electron chi connectivity index (χ4n) is 3.19. The molecule has 1 N–H and O–H groups in total. The number of carbonyl (C=O) groups excluding carboxylic acids is 1. The van der Waals surface area contributed by atoms with Crippen LogP contribution >= 0.6 is 11.3 Å². The van der Waals surface area contributed by atoms with E-state index in [2.05, 4.69) is 27.4 Å². The van der Waals surface area contributed by atoms with Crippen LogP contribution in [0.5, 0.6) is 0 Å². The Kier molecular flexibility index (Phi) is 4.17. The quantitative estimate of drug-likeness (QED) is 0.797. The first kappa shape index (κ1) is 15.1. The highest BCUT2D eigenvalue weighted by molar-refractivity contribution is 7.15. The van der Waals surface area contributed by atoms with Gasteiger partial charge in [-0.3, -0.25) is 9.38 Å². The van der Waals surface area contributed by atoms with Crippen LogP contribution in [0.1, 0.15) is 30.0 Å². The number of piperidine rings is 1. The second-order valence-electron chi connectivity index (χ2n) is 6.03. The van der Waals surface area contributed by atoms with Crippen molar-refractivity contribution >= 4 is 22.3 Å². The Balaban J connectivity index is 1.29. The number of carbonyl (C=O) groups is 1. The van der Waals surface area contributed by atoms with E-state index in [1.165, 1.54) is 5.56 Å². The molecule has 1 fully saturated rings. The third-order valence-corrected chi connectivity index (χ3v) is 5.29. The van der Waals surface area contributed by atoms with Gasteiger partial charge in [-0.15, -0.1) is 11.3 Å². The third-order valence-electron chi connectivity index (χ3n) is 4.52. The van der Waals surface area contributed by atoms with Crippen molar-refractivity contribution in [2.75, 3.05) is 13.1 Å². The van der Waals surface area contributed by atoms with E-state index in [0.29, 0.717) is 12.5 Å². The fourth-order valence-corrected chi connectivity index (χ4v) is 3.91. The van der Waals surface area contributed by atoms with Crippen LogP contribution in [0.15, 0.2) is 42.3 Å². The molecule has 1 aliphatic rings. The summed E-state index contributed by atoms with van der Waals surface area (Å²) in [6.07, 6.45) is 9.60. The van der Waals surface area contributed by atoms with E-state index in [1.54, 1.807) is 11.3 Å². The summed E-state index contributed by atoms with van der Waals surface area (Å²) in [6.45, 7) is 2.05. The predicted molar refractivity (Wildman–Crippen MR) is 93.1 cm³/mol. The highest BCUT2D eigenvalue weighted by Crippen LogP contribution is 2.27. The monoisotopic (exact) mass is 341 g/mol. The van der Waals surface area contributed by atoms with Crippen molar-refractivity contribution in [1.82, 2.24) is 24.6 Å². The highest BCUT2D eigenvalue weighted by Gasteiger charge is 2.23. The number of nitrogens with zero attached hydrogens (tertiary/aromatic N) is 4. The number of nitrogens with one attached hydrogen (secondary N) is 1. The Bertz CT molecular complexity index is 791. The molecule has 1 aliphatic heterocycles. The Morgan fingerprint density at radius 2 is 2.08 bits per heavy atom. The fraction of sp³-hybridized carbons (Fsp3) is 0.353. The van der Waals surface area contributed by atoms with Gasteiger partial charge in [0.25, 0.3) is 0 Å². The largest absolute Gasteiger partial charge is 0.332 e. The van der Waals surface area contributed by atoms with Crippen LogP contribution in [-0.2, 0) is 6.54 Å². The molecule has 0 spiro atoms. The molecule has 0 atom stereocenters. The molecular formula is C17H19N5OS. The lowest BCUT2D eigenvalue weighted by molar-refractivity contribution is 0.181. The van der Waals surface area contributed by atoms with Crippen molar-refractivity contribution in [1.29, 1.82) is 0 Å². The van der Waals surface area contributed by atoms with Crippen LogP contribution in [0.25, 0.3) is 4.96 Å². The number of aromatic nitrogens is 3. The first-order chi connectivity index (χ1) is 11.8. The van der Waals surface area contributed by atoms with E-state index in [4.69, 9.17) is 0 Å². The van der Waals surface area contributed by atoms with Gasteiger partial charge >= 0.3 is 6.03 Å². The molecule has 0 aromatic carbocycles. The molecule has 124 valence electrons. The summed E-state index contributed by atoms with van der Waals surface area (Å²) in [5.74, 6) is 0.525. The zero-order valence-corrected chi connectivity index (χ0v) is 14.1. The molecule has 0 aliphatic carbocycles. The summed E-state index contributed by atoms with van der Waals surface area (Å²) < 4.78 is 1.98. The van der Waals surface area contributed by atoms with E-state index in [-0.39, 0.29) is 6.03 Å². The zero-order valence-electron chi connectivity index (χ0n) is 13.3. The Morgan fingerprint density at radius 1 is 1.29 bits per heavy atom. The van der Waals surface area contributed by atoms with Gasteiger partial charge in [-0.2, -0.15) is 0 Å². The minimum absolute atomic E-state index is 0.000432. The SMILES string of the molecule is O=C(NCc1cn2ccsc2n1)N1CCC(c2ccncc2)CC1. The lowest BCUT2D eigenvalue weighted by Gasteiger charge is -2.32. The molecule has 4 heterocycles. The van der Waals surface area contributed by atoms with Crippen LogP contribution in [0.4, 0.5) is 4.79 Å². The van der Waals surface area contributed by atoms with Crippen LogP contribution in [0, 0.1) is 0 Å². The number of rotatable bonds is 3. The number of thiazole rings is 1. The van der Waals surface area contributed by atoms with E-state index in [1.807, 2.05) is 39.5 Å². The predicted octanol–water partition coefficient (Wildman–Crippen LogP) is 2.88. The van der Waals surface area contributed by atoms with E-state index in [0.717, 1.165) is 36.6 Å². The molecule has 3 aromatic rings. The number of pyridine rings is 1. The molecule has 3 aromatic heterocycles. The summed E-state index contributed by atoms with van der Waals surface area (Å²) >= 11 is 1.59. The van der Waals surface area contributed by atoms with Crippen LogP contribution < -0.4 is 5.32 Å². The van der Waals surface area contributed by atoms with Crippen LogP contribution in [0.3, 0.4) is 0 Å². The summed E-state index contributed by atoms with van der Waals surface area (Å²) in [7, 11) is 0. The minimum Gasteiger partial charge on any atom is -0.332 e. The average molecular weight is 341 g/mol. The van der Waals surface area contributed by atoms with Crippen molar-refractivity contribution in [3.63, 3.8) is 0 Å². The van der Waals surface area contributed by atoms with Crippen molar-refractivity contribution in [2.45, 2.75) is 25.3 Å². The number of imidazole rings is 1. The van der Waals surface area contributed by atoms with E-state index >= 15 is 0 Å². The topological polar surface area (TPSA) is 62.5 Å². The van der Waals surface area contributed by atoms with Crippen LogP contribution in [-0.4, -0.2) is 38.4 Å². The summed E-state index contributed by atoms with van der Waals surface area (Å²) in [4.78, 5) is 23.7. The van der Waals surface area contributed by atoms with E-state index < -0.39 is 0 Å². The molecular weight excluding hydrogens is 322 g/mol. The molecule has 1 saturated heterocycles. The van der Waals surface area contributed by atoms with Crippen molar-refractivity contribution in [3.8, 4) is 0 Å². The van der Waals surface area contributed by atoms with Gasteiger partial charge in [-0.25, -0.2) is 9.78 Å². The summed E-state index contributed by atoms with van der Waals surface area (Å²) in [6, 6.07) is 4.15. The number of hydrogen-bond acceptors (Lipinski definition) is 4. The third kappa shape index (κ3) is 3.12. The summed E-state index contributed by atoms with van der Waals surface area (Å²) in [5.41, 5.74) is 2.21.